The summed E-state index contributed by atoms with van der Waals surface area (Å²) >= 11 is 7.51. The number of nitrogens with one attached hydrogen (secondary N) is 2. The van der Waals surface area contributed by atoms with Gasteiger partial charge < -0.3 is 10.3 Å². The SMILES string of the molecule is CC[C@H](Sc1nc2ncccc2[nH]1)C(=O)Nc1cccc(Cl)c1C. The highest BCUT2D eigenvalue weighted by molar-refractivity contribution is 8.00. The molecule has 0 bridgehead atoms. The van der Waals surface area contributed by atoms with Crippen molar-refractivity contribution in [2.45, 2.75) is 30.7 Å². The van der Waals surface area contributed by atoms with E-state index >= 15 is 0 Å². The van der Waals surface area contributed by atoms with E-state index in [9.17, 15) is 4.79 Å². The minimum atomic E-state index is -0.260. The van der Waals surface area contributed by atoms with Crippen molar-refractivity contribution in [3.8, 4) is 0 Å². The third-order valence-electron chi connectivity index (χ3n) is 3.68. The molecule has 124 valence electrons. The van der Waals surface area contributed by atoms with E-state index < -0.39 is 0 Å². The molecule has 3 aromatic rings. The van der Waals surface area contributed by atoms with E-state index in [0.717, 1.165) is 16.8 Å². The summed E-state index contributed by atoms with van der Waals surface area (Å²) < 4.78 is 0. The molecule has 0 aliphatic rings. The Morgan fingerprint density at radius 1 is 1.38 bits per heavy atom. The summed E-state index contributed by atoms with van der Waals surface area (Å²) in [5.74, 6) is -0.0683. The molecule has 7 heteroatoms. The first-order valence-corrected chi connectivity index (χ1v) is 8.87. The molecule has 2 N–H and O–H groups in total. The lowest BCUT2D eigenvalue weighted by atomic mass is 10.2. The molecule has 0 saturated heterocycles. The first-order chi connectivity index (χ1) is 11.6. The Balaban J connectivity index is 1.75. The first-order valence-electron chi connectivity index (χ1n) is 7.62. The number of carbonyl (C=O) groups is 1. The second-order valence-electron chi connectivity index (χ2n) is 5.33. The van der Waals surface area contributed by atoms with Crippen LogP contribution in [0.15, 0.2) is 41.7 Å². The lowest BCUT2D eigenvalue weighted by molar-refractivity contribution is -0.115. The molecule has 0 unspecified atom stereocenters. The lowest BCUT2D eigenvalue weighted by Crippen LogP contribution is -2.25. The minimum absolute atomic E-state index is 0.0683. The molecule has 2 aromatic heterocycles. The number of fused-ring (bicyclic) bond motifs is 1. The number of pyridine rings is 1. The van der Waals surface area contributed by atoms with Gasteiger partial charge in [0, 0.05) is 16.9 Å². The van der Waals surface area contributed by atoms with E-state index in [1.165, 1.54) is 11.8 Å². The number of nitrogens with zero attached hydrogens (tertiary/aromatic N) is 2. The number of benzene rings is 1. The van der Waals surface area contributed by atoms with Crippen molar-refractivity contribution < 1.29 is 4.79 Å². The summed E-state index contributed by atoms with van der Waals surface area (Å²) in [6, 6.07) is 9.24. The summed E-state index contributed by atoms with van der Waals surface area (Å²) in [5, 5.41) is 4.02. The van der Waals surface area contributed by atoms with E-state index in [4.69, 9.17) is 11.6 Å². The Labute approximate surface area is 149 Å². The molecule has 2 heterocycles. The van der Waals surface area contributed by atoms with Gasteiger partial charge in [-0.2, -0.15) is 0 Å². The number of imidazole rings is 1. The van der Waals surface area contributed by atoms with Crippen LogP contribution in [-0.2, 0) is 4.79 Å². The maximum absolute atomic E-state index is 12.6. The van der Waals surface area contributed by atoms with Crippen LogP contribution in [0, 0.1) is 6.92 Å². The van der Waals surface area contributed by atoms with E-state index in [1.54, 1.807) is 12.3 Å². The van der Waals surface area contributed by atoms with Gasteiger partial charge in [0.2, 0.25) is 5.91 Å². The molecule has 0 aliphatic heterocycles. The number of aromatic amines is 1. The van der Waals surface area contributed by atoms with Gasteiger partial charge >= 0.3 is 0 Å². The third kappa shape index (κ3) is 3.55. The monoisotopic (exact) mass is 360 g/mol. The van der Waals surface area contributed by atoms with Crippen LogP contribution in [0.2, 0.25) is 5.02 Å². The summed E-state index contributed by atoms with van der Waals surface area (Å²) in [7, 11) is 0. The zero-order chi connectivity index (χ0) is 17.1. The predicted molar refractivity (Wildman–Crippen MR) is 98.6 cm³/mol. The maximum atomic E-state index is 12.6. The molecule has 1 amide bonds. The highest BCUT2D eigenvalue weighted by Gasteiger charge is 2.21. The normalized spacial score (nSPS) is 12.3. The smallest absolute Gasteiger partial charge is 0.237 e. The molecule has 24 heavy (non-hydrogen) atoms. The van der Waals surface area contributed by atoms with E-state index in [0.29, 0.717) is 22.2 Å². The number of carbonyl (C=O) groups excluding carboxylic acids is 1. The van der Waals surface area contributed by atoms with Gasteiger partial charge in [-0.3, -0.25) is 4.79 Å². The number of hydrogen-bond acceptors (Lipinski definition) is 4. The molecule has 0 saturated carbocycles. The molecule has 0 radical (unpaired) electrons. The van der Waals surface area contributed by atoms with Gasteiger partial charge in [-0.1, -0.05) is 36.4 Å². The average molecular weight is 361 g/mol. The Hall–Kier alpha value is -2.05. The molecular formula is C17H17ClN4OS. The number of rotatable bonds is 5. The predicted octanol–water partition coefficient (Wildman–Crippen LogP) is 4.43. The van der Waals surface area contributed by atoms with Crippen LogP contribution >= 0.6 is 23.4 Å². The van der Waals surface area contributed by atoms with Gasteiger partial charge in [0.05, 0.1) is 10.8 Å². The first kappa shape index (κ1) is 16.8. The van der Waals surface area contributed by atoms with Crippen LogP contribution in [0.3, 0.4) is 0 Å². The van der Waals surface area contributed by atoms with Gasteiger partial charge in [-0.05, 0) is 43.2 Å². The van der Waals surface area contributed by atoms with Crippen LogP contribution in [0.4, 0.5) is 5.69 Å². The quantitative estimate of drug-likeness (QED) is 0.660. The van der Waals surface area contributed by atoms with Crippen molar-refractivity contribution >= 4 is 46.1 Å². The van der Waals surface area contributed by atoms with E-state index in [2.05, 4.69) is 20.3 Å². The molecule has 1 atom stereocenters. The van der Waals surface area contributed by atoms with E-state index in [-0.39, 0.29) is 11.2 Å². The van der Waals surface area contributed by atoms with Crippen molar-refractivity contribution in [1.29, 1.82) is 0 Å². The molecule has 3 rings (SSSR count). The van der Waals surface area contributed by atoms with Crippen LogP contribution in [-0.4, -0.2) is 26.1 Å². The summed E-state index contributed by atoms with van der Waals surface area (Å²) in [4.78, 5) is 24.4. The number of halogens is 1. The van der Waals surface area contributed by atoms with Crippen LogP contribution in [0.5, 0.6) is 0 Å². The standard InChI is InChI=1S/C17H17ClN4OS/c1-3-14(16(23)20-12-7-4-6-11(18)10(12)2)24-17-21-13-8-5-9-19-15(13)22-17/h4-9,14H,3H2,1-2H3,(H,20,23)(H,19,21,22)/t14-/m0/s1. The number of aromatic nitrogens is 3. The molecule has 0 spiro atoms. The zero-order valence-electron chi connectivity index (χ0n) is 13.3. The summed E-state index contributed by atoms with van der Waals surface area (Å²) in [5.41, 5.74) is 3.11. The van der Waals surface area contributed by atoms with Gasteiger partial charge in [0.1, 0.15) is 0 Å². The second-order valence-corrected chi connectivity index (χ2v) is 6.93. The van der Waals surface area contributed by atoms with Crippen molar-refractivity contribution in [2.75, 3.05) is 5.32 Å². The average Bonchev–Trinajstić information content (AvgIpc) is 2.99. The lowest BCUT2D eigenvalue weighted by Gasteiger charge is -2.15. The van der Waals surface area contributed by atoms with Crippen LogP contribution in [0.25, 0.3) is 11.2 Å². The zero-order valence-corrected chi connectivity index (χ0v) is 14.9. The number of hydrogen-bond donors (Lipinski definition) is 2. The number of H-pyrrole nitrogens is 1. The Bertz CT molecular complexity index is 847. The van der Waals surface area contributed by atoms with Gasteiger partial charge in [-0.25, -0.2) is 9.97 Å². The molecular weight excluding hydrogens is 344 g/mol. The Morgan fingerprint density at radius 2 is 2.21 bits per heavy atom. The maximum Gasteiger partial charge on any atom is 0.237 e. The number of amides is 1. The molecule has 0 fully saturated rings. The molecule has 1 aromatic carbocycles. The molecule has 5 nitrogen and oxygen atoms in total. The largest absolute Gasteiger partial charge is 0.332 e. The van der Waals surface area contributed by atoms with Gasteiger partial charge in [0.15, 0.2) is 10.8 Å². The number of thioether (sulfide) groups is 1. The summed E-state index contributed by atoms with van der Waals surface area (Å²) in [6.45, 7) is 3.86. The van der Waals surface area contributed by atoms with Crippen LogP contribution < -0.4 is 5.32 Å². The van der Waals surface area contributed by atoms with Crippen molar-refractivity contribution in [3.63, 3.8) is 0 Å². The van der Waals surface area contributed by atoms with Crippen molar-refractivity contribution in [2.24, 2.45) is 0 Å². The van der Waals surface area contributed by atoms with Gasteiger partial charge in [-0.15, -0.1) is 0 Å². The Kier molecular flexibility index (Phi) is 5.06. The molecule has 0 aliphatic carbocycles. The Morgan fingerprint density at radius 3 is 2.96 bits per heavy atom. The fraction of sp³-hybridized carbons (Fsp3) is 0.235. The minimum Gasteiger partial charge on any atom is -0.332 e. The highest BCUT2D eigenvalue weighted by atomic mass is 35.5. The topological polar surface area (TPSA) is 70.7 Å². The second kappa shape index (κ2) is 7.23. The fourth-order valence-electron chi connectivity index (χ4n) is 2.29. The fourth-order valence-corrected chi connectivity index (χ4v) is 3.38. The highest BCUT2D eigenvalue weighted by Crippen LogP contribution is 2.27. The van der Waals surface area contributed by atoms with E-state index in [1.807, 2.05) is 38.1 Å². The van der Waals surface area contributed by atoms with Crippen LogP contribution in [0.1, 0.15) is 18.9 Å². The van der Waals surface area contributed by atoms with Crippen molar-refractivity contribution in [1.82, 2.24) is 15.0 Å². The van der Waals surface area contributed by atoms with Crippen molar-refractivity contribution in [3.05, 3.63) is 47.1 Å². The third-order valence-corrected chi connectivity index (χ3v) is 5.34. The summed E-state index contributed by atoms with van der Waals surface area (Å²) in [6.07, 6.45) is 2.38. The number of anilines is 1. The van der Waals surface area contributed by atoms with Gasteiger partial charge in [0.25, 0.3) is 0 Å².